The van der Waals surface area contributed by atoms with Gasteiger partial charge in [-0.05, 0) is 19.9 Å². The van der Waals surface area contributed by atoms with Crippen LogP contribution in [0.5, 0.6) is 5.75 Å². The molecule has 1 heterocycles. The van der Waals surface area contributed by atoms with Crippen molar-refractivity contribution in [3.63, 3.8) is 0 Å². The van der Waals surface area contributed by atoms with Crippen molar-refractivity contribution in [3.05, 3.63) is 44.4 Å². The zero-order valence-electron chi connectivity index (χ0n) is 13.6. The van der Waals surface area contributed by atoms with Crippen LogP contribution >= 0.6 is 11.8 Å². The number of nitro benzene ring substituents is 1. The maximum atomic E-state index is 12.3. The Labute approximate surface area is 146 Å². The minimum atomic E-state index is -0.642. The quantitative estimate of drug-likeness (QED) is 0.446. The van der Waals surface area contributed by atoms with Crippen LogP contribution in [0.4, 0.5) is 11.4 Å². The summed E-state index contributed by atoms with van der Waals surface area (Å²) in [4.78, 5) is 36.6. The Morgan fingerprint density at radius 2 is 2.16 bits per heavy atom. The molecule has 25 heavy (non-hydrogen) atoms. The Hall–Kier alpha value is -2.95. The number of thioether (sulfide) groups is 1. The van der Waals surface area contributed by atoms with E-state index < -0.39 is 16.1 Å². The highest BCUT2D eigenvalue weighted by atomic mass is 32.2. The van der Waals surface area contributed by atoms with E-state index in [1.165, 1.54) is 32.2 Å². The predicted octanol–water partition coefficient (Wildman–Crippen LogP) is 1.51. The third-order valence-corrected chi connectivity index (χ3v) is 4.12. The van der Waals surface area contributed by atoms with Crippen LogP contribution in [0.25, 0.3) is 0 Å². The summed E-state index contributed by atoms with van der Waals surface area (Å²) >= 11 is 1.00. The Morgan fingerprint density at radius 1 is 1.44 bits per heavy atom. The van der Waals surface area contributed by atoms with Crippen molar-refractivity contribution in [2.75, 3.05) is 12.4 Å². The second kappa shape index (κ2) is 7.75. The number of aryl methyl sites for hydroxylation is 1. The van der Waals surface area contributed by atoms with E-state index in [0.29, 0.717) is 5.75 Å². The lowest BCUT2D eigenvalue weighted by molar-refractivity contribution is -0.384. The fourth-order valence-electron chi connectivity index (χ4n) is 1.79. The van der Waals surface area contributed by atoms with Crippen LogP contribution in [0.3, 0.4) is 0 Å². The summed E-state index contributed by atoms with van der Waals surface area (Å²) in [7, 11) is 1.39. The number of carbonyl (C=O) groups excluding carboxylic acids is 1. The van der Waals surface area contributed by atoms with Gasteiger partial charge in [0.1, 0.15) is 11.4 Å². The van der Waals surface area contributed by atoms with E-state index in [2.05, 4.69) is 20.5 Å². The van der Waals surface area contributed by atoms with Gasteiger partial charge in [0.2, 0.25) is 5.91 Å². The second-order valence-corrected chi connectivity index (χ2v) is 6.27. The first kappa shape index (κ1) is 18.4. The van der Waals surface area contributed by atoms with E-state index in [-0.39, 0.29) is 27.8 Å². The van der Waals surface area contributed by atoms with E-state index in [4.69, 9.17) is 4.74 Å². The molecule has 0 saturated heterocycles. The number of hydrogen-bond acceptors (Lipinski definition) is 8. The lowest BCUT2D eigenvalue weighted by Gasteiger charge is -2.13. The number of H-pyrrole nitrogens is 1. The molecule has 132 valence electrons. The Balaban J connectivity index is 2.15. The molecule has 0 fully saturated rings. The van der Waals surface area contributed by atoms with Crippen molar-refractivity contribution in [2.45, 2.75) is 24.3 Å². The highest BCUT2D eigenvalue weighted by Gasteiger charge is 2.19. The number of aromatic nitrogens is 3. The van der Waals surface area contributed by atoms with Crippen molar-refractivity contribution in [2.24, 2.45) is 0 Å². The first-order valence-corrected chi connectivity index (χ1v) is 7.93. The normalized spacial score (nSPS) is 11.6. The zero-order valence-corrected chi connectivity index (χ0v) is 14.4. The van der Waals surface area contributed by atoms with Gasteiger partial charge >= 0.3 is 0 Å². The standard InChI is InChI=1S/C14H15N5O5S/c1-7-12(20)16-14(18-17-7)25-8(2)13(21)15-10-6-9(19(22)23)4-5-11(10)24-3/h4-6,8H,1-3H3,(H,15,21)(H,16,18,20). The number of nitrogens with zero attached hydrogens (tertiary/aromatic N) is 3. The van der Waals surface area contributed by atoms with Crippen molar-refractivity contribution in [1.82, 2.24) is 15.2 Å². The summed E-state index contributed by atoms with van der Waals surface area (Å²) in [6.07, 6.45) is 0. The number of nitrogens with one attached hydrogen (secondary N) is 2. The highest BCUT2D eigenvalue weighted by Crippen LogP contribution is 2.30. The molecule has 10 nitrogen and oxygen atoms in total. The summed E-state index contributed by atoms with van der Waals surface area (Å²) in [6.45, 7) is 3.12. The van der Waals surface area contributed by atoms with Gasteiger partial charge in [0, 0.05) is 12.1 Å². The second-order valence-electron chi connectivity index (χ2n) is 4.94. The number of carbonyl (C=O) groups is 1. The molecule has 11 heteroatoms. The topological polar surface area (TPSA) is 140 Å². The molecule has 1 aromatic carbocycles. The maximum Gasteiger partial charge on any atom is 0.273 e. The molecular formula is C14H15N5O5S. The molecular weight excluding hydrogens is 350 g/mol. The summed E-state index contributed by atoms with van der Waals surface area (Å²) < 4.78 is 5.09. The number of hydrogen-bond donors (Lipinski definition) is 2. The largest absolute Gasteiger partial charge is 0.495 e. The first-order chi connectivity index (χ1) is 11.8. The molecule has 0 radical (unpaired) electrons. The molecule has 1 aromatic heterocycles. The molecule has 2 aromatic rings. The molecule has 1 atom stereocenters. The van der Waals surface area contributed by atoms with E-state index in [1.54, 1.807) is 6.92 Å². The van der Waals surface area contributed by atoms with Gasteiger partial charge in [0.05, 0.1) is 23.0 Å². The van der Waals surface area contributed by atoms with Crippen LogP contribution in [-0.4, -0.2) is 38.4 Å². The van der Waals surface area contributed by atoms with E-state index >= 15 is 0 Å². The van der Waals surface area contributed by atoms with Gasteiger partial charge in [-0.1, -0.05) is 11.8 Å². The van der Waals surface area contributed by atoms with Crippen molar-refractivity contribution in [1.29, 1.82) is 0 Å². The molecule has 0 bridgehead atoms. The Morgan fingerprint density at radius 3 is 2.76 bits per heavy atom. The van der Waals surface area contributed by atoms with Crippen molar-refractivity contribution in [3.8, 4) is 5.75 Å². The van der Waals surface area contributed by atoms with Crippen LogP contribution in [0.1, 0.15) is 12.6 Å². The van der Waals surface area contributed by atoms with E-state index in [0.717, 1.165) is 11.8 Å². The summed E-state index contributed by atoms with van der Waals surface area (Å²) in [6, 6.07) is 3.88. The smallest absolute Gasteiger partial charge is 0.273 e. The number of amides is 1. The van der Waals surface area contributed by atoms with Crippen LogP contribution in [0, 0.1) is 17.0 Å². The number of methoxy groups -OCH3 is 1. The van der Waals surface area contributed by atoms with E-state index in [9.17, 15) is 19.7 Å². The van der Waals surface area contributed by atoms with Crippen molar-refractivity contribution < 1.29 is 14.5 Å². The molecule has 2 rings (SSSR count). The van der Waals surface area contributed by atoms with Gasteiger partial charge in [-0.15, -0.1) is 10.2 Å². The minimum absolute atomic E-state index is 0.176. The lowest BCUT2D eigenvalue weighted by Crippen LogP contribution is -2.24. The fraction of sp³-hybridized carbons (Fsp3) is 0.286. The average Bonchev–Trinajstić information content (AvgIpc) is 2.57. The number of non-ortho nitro benzene ring substituents is 1. The van der Waals surface area contributed by atoms with Gasteiger partial charge in [-0.2, -0.15) is 0 Å². The molecule has 0 aliphatic rings. The monoisotopic (exact) mass is 365 g/mol. The molecule has 0 saturated carbocycles. The SMILES string of the molecule is COc1ccc([N+](=O)[O-])cc1NC(=O)C(C)Sc1nnc(C)c(=O)[nH]1. The average molecular weight is 365 g/mol. The van der Waals surface area contributed by atoms with Crippen LogP contribution in [0.15, 0.2) is 28.2 Å². The number of benzene rings is 1. The predicted molar refractivity (Wildman–Crippen MR) is 91.0 cm³/mol. The van der Waals surface area contributed by atoms with Gasteiger partial charge < -0.3 is 10.1 Å². The zero-order chi connectivity index (χ0) is 18.6. The Kier molecular flexibility index (Phi) is 5.70. The van der Waals surface area contributed by atoms with Crippen LogP contribution < -0.4 is 15.6 Å². The summed E-state index contributed by atoms with van der Waals surface area (Å²) in [5.74, 6) is -0.147. The van der Waals surface area contributed by atoms with Gasteiger partial charge in [-0.25, -0.2) is 0 Å². The van der Waals surface area contributed by atoms with Crippen molar-refractivity contribution >= 4 is 29.0 Å². The minimum Gasteiger partial charge on any atom is -0.495 e. The van der Waals surface area contributed by atoms with Gasteiger partial charge in [0.25, 0.3) is 11.2 Å². The lowest BCUT2D eigenvalue weighted by atomic mass is 10.2. The first-order valence-electron chi connectivity index (χ1n) is 7.05. The third-order valence-electron chi connectivity index (χ3n) is 3.15. The molecule has 1 unspecified atom stereocenters. The molecule has 0 aliphatic carbocycles. The summed E-state index contributed by atoms with van der Waals surface area (Å²) in [5.41, 5.74) is -0.156. The van der Waals surface area contributed by atoms with Gasteiger partial charge in [-0.3, -0.25) is 24.7 Å². The van der Waals surface area contributed by atoms with Crippen LogP contribution in [-0.2, 0) is 4.79 Å². The summed E-state index contributed by atoms with van der Waals surface area (Å²) in [5, 5.41) is 20.5. The molecule has 1 amide bonds. The number of anilines is 1. The number of aromatic amines is 1. The highest BCUT2D eigenvalue weighted by molar-refractivity contribution is 8.00. The molecule has 0 spiro atoms. The molecule has 2 N–H and O–H groups in total. The third kappa shape index (κ3) is 4.53. The number of nitro groups is 1. The van der Waals surface area contributed by atoms with Gasteiger partial charge in [0.15, 0.2) is 5.16 Å². The maximum absolute atomic E-state index is 12.3. The Bertz CT molecular complexity index is 869. The number of ether oxygens (including phenoxy) is 1. The molecule has 0 aliphatic heterocycles. The van der Waals surface area contributed by atoms with E-state index in [1.807, 2.05) is 0 Å². The fourth-order valence-corrected chi connectivity index (χ4v) is 2.53. The van der Waals surface area contributed by atoms with Crippen LogP contribution in [0.2, 0.25) is 0 Å². The number of rotatable bonds is 6.